The highest BCUT2D eigenvalue weighted by Gasteiger charge is 2.43. The largest absolute Gasteiger partial charge is 0.357 e. The fraction of sp³-hybridized carbons (Fsp3) is 0.615. The molecule has 5 rings (SSSR count). The molecule has 2 aromatic rings. The lowest BCUT2D eigenvalue weighted by Crippen LogP contribution is -2.55. The van der Waals surface area contributed by atoms with Gasteiger partial charge in [-0.2, -0.15) is 0 Å². The molecule has 0 bridgehead atoms. The van der Waals surface area contributed by atoms with Gasteiger partial charge in [0.05, 0.1) is 17.6 Å². The van der Waals surface area contributed by atoms with Gasteiger partial charge in [-0.15, -0.1) is 0 Å². The number of benzene rings is 1. The van der Waals surface area contributed by atoms with Crippen LogP contribution in [-0.2, 0) is 11.2 Å². The highest BCUT2D eigenvalue weighted by atomic mass is 79.9. The molecule has 0 spiro atoms. The molecule has 1 aromatic heterocycles. The van der Waals surface area contributed by atoms with Gasteiger partial charge in [0, 0.05) is 27.1 Å². The second-order valence-corrected chi connectivity index (χ2v) is 11.2. The van der Waals surface area contributed by atoms with E-state index >= 15 is 0 Å². The number of carbonyl (C=O) groups is 1. The summed E-state index contributed by atoms with van der Waals surface area (Å²) in [5.74, 6) is 0.792. The molecule has 1 aromatic carbocycles. The maximum absolute atomic E-state index is 14.0. The van der Waals surface area contributed by atoms with Gasteiger partial charge in [-0.1, -0.05) is 66.7 Å². The lowest BCUT2D eigenvalue weighted by Gasteiger charge is -2.45. The van der Waals surface area contributed by atoms with Crippen molar-refractivity contribution < 1.29 is 4.79 Å². The first-order valence-corrected chi connectivity index (χ1v) is 13.6. The summed E-state index contributed by atoms with van der Waals surface area (Å²) in [6, 6.07) is 6.86. The summed E-state index contributed by atoms with van der Waals surface area (Å²) in [5, 5.41) is 1.26. The number of nitrogens with one attached hydrogen (secondary N) is 1. The van der Waals surface area contributed by atoms with Crippen molar-refractivity contribution in [3.8, 4) is 0 Å². The van der Waals surface area contributed by atoms with Crippen molar-refractivity contribution in [1.82, 2.24) is 14.8 Å². The quantitative estimate of drug-likeness (QED) is 0.470. The smallest absolute Gasteiger partial charge is 0.245 e. The third-order valence-electron chi connectivity index (χ3n) is 8.24. The number of hydrogen-bond donors (Lipinski definition) is 1. The van der Waals surface area contributed by atoms with Crippen molar-refractivity contribution in [2.75, 3.05) is 7.05 Å². The maximum Gasteiger partial charge on any atom is 0.245 e. The summed E-state index contributed by atoms with van der Waals surface area (Å²) in [6.45, 7) is 0. The molecule has 2 saturated carbocycles. The topological polar surface area (TPSA) is 39.3 Å². The average molecular weight is 517 g/mol. The molecule has 6 heteroatoms. The van der Waals surface area contributed by atoms with Crippen molar-refractivity contribution in [2.45, 2.75) is 88.8 Å². The molecule has 1 aliphatic heterocycles. The van der Waals surface area contributed by atoms with E-state index in [-0.39, 0.29) is 24.0 Å². The van der Waals surface area contributed by atoms with E-state index in [9.17, 15) is 4.79 Å². The first-order valence-electron chi connectivity index (χ1n) is 12.4. The third-order valence-corrected chi connectivity index (χ3v) is 8.96. The molecule has 2 aliphatic carbocycles. The van der Waals surface area contributed by atoms with Gasteiger partial charge < -0.3 is 9.88 Å². The number of aromatic amines is 1. The van der Waals surface area contributed by atoms with Crippen LogP contribution in [0.25, 0.3) is 10.9 Å². The zero-order valence-electron chi connectivity index (χ0n) is 19.0. The van der Waals surface area contributed by atoms with Crippen LogP contribution in [0.15, 0.2) is 22.7 Å². The first kappa shape index (κ1) is 22.5. The fourth-order valence-electron chi connectivity index (χ4n) is 6.58. The van der Waals surface area contributed by atoms with E-state index in [1.807, 2.05) is 4.90 Å². The van der Waals surface area contributed by atoms with E-state index in [4.69, 9.17) is 12.2 Å². The average Bonchev–Trinajstić information content (AvgIpc) is 3.17. The molecule has 2 heterocycles. The number of likely N-dealkylation sites (N-methyl/N-ethyl adjacent to an activating group) is 1. The second-order valence-electron chi connectivity index (χ2n) is 10.1. The van der Waals surface area contributed by atoms with Crippen LogP contribution in [0.3, 0.4) is 0 Å². The van der Waals surface area contributed by atoms with E-state index in [1.54, 1.807) is 5.49 Å². The standard InChI is InChI=1S/C26H34BrN3OS/c1-29-23(26(31)30(16-32)19-10-6-3-7-11-19)15-21-20-14-18(27)12-13-22(20)28-24(21)25(29)17-8-4-2-5-9-17/h12-14,16-17,19,23,25,28H,2-11,15H2,1H3. The zero-order valence-corrected chi connectivity index (χ0v) is 21.4. The van der Waals surface area contributed by atoms with E-state index in [0.29, 0.717) is 5.92 Å². The number of halogens is 1. The highest BCUT2D eigenvalue weighted by molar-refractivity contribution is 9.10. The highest BCUT2D eigenvalue weighted by Crippen LogP contribution is 2.45. The van der Waals surface area contributed by atoms with E-state index in [1.165, 1.54) is 73.5 Å². The Labute approximate surface area is 205 Å². The van der Waals surface area contributed by atoms with Crippen molar-refractivity contribution in [2.24, 2.45) is 5.92 Å². The Morgan fingerprint density at radius 3 is 2.50 bits per heavy atom. The minimum atomic E-state index is -0.159. The minimum Gasteiger partial charge on any atom is -0.357 e. The normalized spacial score (nSPS) is 25.6. The third kappa shape index (κ3) is 4.07. The summed E-state index contributed by atoms with van der Waals surface area (Å²) in [5.41, 5.74) is 5.49. The number of amides is 1. The Balaban J connectivity index is 1.54. The number of aromatic nitrogens is 1. The molecule has 3 aliphatic rings. The Morgan fingerprint density at radius 1 is 1.12 bits per heavy atom. The first-order chi connectivity index (χ1) is 15.6. The molecule has 32 heavy (non-hydrogen) atoms. The Kier molecular flexibility index (Phi) is 6.73. The number of nitrogens with zero attached hydrogens (tertiary/aromatic N) is 2. The van der Waals surface area contributed by atoms with Gasteiger partial charge in [0.15, 0.2) is 0 Å². The number of fused-ring (bicyclic) bond motifs is 3. The number of H-pyrrole nitrogens is 1. The molecule has 2 fully saturated rings. The molecular weight excluding hydrogens is 482 g/mol. The van der Waals surface area contributed by atoms with Crippen LogP contribution in [0.4, 0.5) is 0 Å². The fourth-order valence-corrected chi connectivity index (χ4v) is 7.21. The second kappa shape index (κ2) is 9.55. The van der Waals surface area contributed by atoms with Crippen LogP contribution in [0.2, 0.25) is 0 Å². The predicted octanol–water partition coefficient (Wildman–Crippen LogP) is 6.53. The number of hydrogen-bond acceptors (Lipinski definition) is 3. The number of carbonyl (C=O) groups excluding carboxylic acids is 1. The molecule has 2 atom stereocenters. The molecule has 0 radical (unpaired) electrons. The van der Waals surface area contributed by atoms with Gasteiger partial charge >= 0.3 is 0 Å². The summed E-state index contributed by atoms with van der Waals surface area (Å²) < 4.78 is 1.09. The number of rotatable bonds is 4. The van der Waals surface area contributed by atoms with E-state index in [0.717, 1.165) is 23.7 Å². The summed E-state index contributed by atoms with van der Waals surface area (Å²) in [6.07, 6.45) is 13.0. The minimum absolute atomic E-state index is 0.159. The SMILES string of the molecule is CN1C(C(=O)N(C=S)C2CCCCC2)Cc2c([nH]c3ccc(Br)cc23)C1C1CCCCC1. The molecule has 172 valence electrons. The van der Waals surface area contributed by atoms with Crippen LogP contribution >= 0.6 is 28.1 Å². The molecular formula is C26H34BrN3OS. The van der Waals surface area contributed by atoms with Crippen molar-refractivity contribution in [3.63, 3.8) is 0 Å². The van der Waals surface area contributed by atoms with Crippen LogP contribution in [0.1, 0.15) is 81.5 Å². The molecule has 2 unspecified atom stereocenters. The lowest BCUT2D eigenvalue weighted by molar-refractivity contribution is -0.136. The maximum atomic E-state index is 14.0. The Morgan fingerprint density at radius 2 is 1.81 bits per heavy atom. The summed E-state index contributed by atoms with van der Waals surface area (Å²) in [4.78, 5) is 22.0. The number of thiocarbonyl (C=S) groups is 1. The van der Waals surface area contributed by atoms with E-state index < -0.39 is 0 Å². The zero-order chi connectivity index (χ0) is 22.2. The van der Waals surface area contributed by atoms with Crippen molar-refractivity contribution in [3.05, 3.63) is 33.9 Å². The molecule has 0 saturated heterocycles. The van der Waals surface area contributed by atoms with Gasteiger partial charge in [-0.3, -0.25) is 9.69 Å². The molecule has 1 N–H and O–H groups in total. The van der Waals surface area contributed by atoms with Gasteiger partial charge in [0.2, 0.25) is 5.91 Å². The van der Waals surface area contributed by atoms with Gasteiger partial charge in [0.25, 0.3) is 0 Å². The lowest BCUT2D eigenvalue weighted by atomic mass is 9.78. The molecule has 4 nitrogen and oxygen atoms in total. The van der Waals surface area contributed by atoms with Crippen molar-refractivity contribution >= 4 is 50.4 Å². The monoisotopic (exact) mass is 515 g/mol. The van der Waals surface area contributed by atoms with Crippen LogP contribution in [-0.4, -0.2) is 45.3 Å². The Bertz CT molecular complexity index is 992. The van der Waals surface area contributed by atoms with Gasteiger partial charge in [-0.05, 0) is 68.8 Å². The van der Waals surface area contributed by atoms with Gasteiger partial charge in [-0.25, -0.2) is 0 Å². The summed E-state index contributed by atoms with van der Waals surface area (Å²) in [7, 11) is 2.18. The van der Waals surface area contributed by atoms with Crippen LogP contribution < -0.4 is 0 Å². The van der Waals surface area contributed by atoms with Crippen LogP contribution in [0, 0.1) is 5.92 Å². The van der Waals surface area contributed by atoms with Crippen molar-refractivity contribution in [1.29, 1.82) is 0 Å². The Hall–Kier alpha value is -1.24. The van der Waals surface area contributed by atoms with Gasteiger partial charge in [0.1, 0.15) is 0 Å². The molecule has 1 amide bonds. The summed E-state index contributed by atoms with van der Waals surface area (Å²) >= 11 is 9.06. The predicted molar refractivity (Wildman–Crippen MR) is 138 cm³/mol. The van der Waals surface area contributed by atoms with E-state index in [2.05, 4.69) is 51.1 Å². The van der Waals surface area contributed by atoms with Crippen LogP contribution in [0.5, 0.6) is 0 Å².